The van der Waals surface area contributed by atoms with Gasteiger partial charge in [-0.3, -0.25) is 0 Å². The molecule has 1 N–H and O–H groups in total. The molecule has 1 atom stereocenters. The van der Waals surface area contributed by atoms with Gasteiger partial charge in [0, 0.05) is 12.0 Å². The number of hydrogen-bond donors (Lipinski definition) is 1. The highest BCUT2D eigenvalue weighted by Crippen LogP contribution is 2.33. The summed E-state index contributed by atoms with van der Waals surface area (Å²) in [6.07, 6.45) is 5.48. The molecule has 1 heterocycles. The molecular formula is C9H18O2S. The van der Waals surface area contributed by atoms with Crippen LogP contribution in [0.25, 0.3) is 0 Å². The normalized spacial score (nSPS) is 29.5. The number of hydrogen-bond acceptors (Lipinski definition) is 3. The Balaban J connectivity index is 2.24. The fraction of sp³-hybridized carbons (Fsp3) is 1.00. The van der Waals surface area contributed by atoms with Gasteiger partial charge in [-0.25, -0.2) is 0 Å². The second-order valence-electron chi connectivity index (χ2n) is 3.56. The second kappa shape index (κ2) is 5.10. The Morgan fingerprint density at radius 2 is 2.42 bits per heavy atom. The van der Waals surface area contributed by atoms with Crippen LogP contribution in [0, 0.1) is 5.41 Å². The van der Waals surface area contributed by atoms with E-state index in [1.165, 1.54) is 12.2 Å². The standard InChI is InChI=1S/C9H18O2S/c1-12-6-2-3-9(7-10)4-5-11-8-9/h10H,2-8H2,1H3. The van der Waals surface area contributed by atoms with Crippen LogP contribution in [0.5, 0.6) is 0 Å². The van der Waals surface area contributed by atoms with Crippen molar-refractivity contribution in [3.05, 3.63) is 0 Å². The zero-order chi connectivity index (χ0) is 8.86. The van der Waals surface area contributed by atoms with E-state index in [0.29, 0.717) is 6.61 Å². The van der Waals surface area contributed by atoms with Gasteiger partial charge in [0.15, 0.2) is 0 Å². The molecule has 1 unspecified atom stereocenters. The lowest BCUT2D eigenvalue weighted by molar-refractivity contribution is 0.0862. The Labute approximate surface area is 78.7 Å². The Morgan fingerprint density at radius 3 is 2.92 bits per heavy atom. The van der Waals surface area contributed by atoms with Gasteiger partial charge in [-0.05, 0) is 31.3 Å². The fourth-order valence-electron chi connectivity index (χ4n) is 1.64. The molecule has 1 fully saturated rings. The highest BCUT2D eigenvalue weighted by atomic mass is 32.2. The number of aliphatic hydroxyl groups excluding tert-OH is 1. The van der Waals surface area contributed by atoms with Gasteiger partial charge in [0.1, 0.15) is 0 Å². The van der Waals surface area contributed by atoms with E-state index in [1.807, 2.05) is 11.8 Å². The molecule has 1 aliphatic heterocycles. The van der Waals surface area contributed by atoms with Gasteiger partial charge in [-0.2, -0.15) is 11.8 Å². The number of rotatable bonds is 5. The lowest BCUT2D eigenvalue weighted by Gasteiger charge is -2.24. The lowest BCUT2D eigenvalue weighted by atomic mass is 9.84. The maximum Gasteiger partial charge on any atom is 0.0545 e. The molecule has 1 rings (SSSR count). The van der Waals surface area contributed by atoms with Crippen molar-refractivity contribution in [2.45, 2.75) is 19.3 Å². The predicted molar refractivity (Wildman–Crippen MR) is 52.6 cm³/mol. The average molecular weight is 190 g/mol. The summed E-state index contributed by atoms with van der Waals surface area (Å²) < 4.78 is 5.32. The van der Waals surface area contributed by atoms with Crippen LogP contribution in [0.4, 0.5) is 0 Å². The molecule has 0 radical (unpaired) electrons. The molecule has 72 valence electrons. The van der Waals surface area contributed by atoms with Gasteiger partial charge < -0.3 is 9.84 Å². The Morgan fingerprint density at radius 1 is 1.58 bits per heavy atom. The molecule has 0 aromatic heterocycles. The number of thioether (sulfide) groups is 1. The zero-order valence-electron chi connectivity index (χ0n) is 7.71. The Hall–Kier alpha value is 0.270. The largest absolute Gasteiger partial charge is 0.396 e. The van der Waals surface area contributed by atoms with Crippen molar-refractivity contribution in [1.29, 1.82) is 0 Å². The first-order chi connectivity index (χ1) is 5.83. The van der Waals surface area contributed by atoms with Gasteiger partial charge >= 0.3 is 0 Å². The predicted octanol–water partition coefficient (Wildman–Crippen LogP) is 1.53. The van der Waals surface area contributed by atoms with E-state index in [1.54, 1.807) is 0 Å². The first-order valence-corrected chi connectivity index (χ1v) is 5.90. The topological polar surface area (TPSA) is 29.5 Å². The minimum absolute atomic E-state index is 0.107. The second-order valence-corrected chi connectivity index (χ2v) is 4.54. The first-order valence-electron chi connectivity index (χ1n) is 4.50. The van der Waals surface area contributed by atoms with Gasteiger partial charge in [0.2, 0.25) is 0 Å². The molecular weight excluding hydrogens is 172 g/mol. The van der Waals surface area contributed by atoms with Crippen LogP contribution in [-0.2, 0) is 4.74 Å². The highest BCUT2D eigenvalue weighted by molar-refractivity contribution is 7.98. The van der Waals surface area contributed by atoms with E-state index < -0.39 is 0 Å². The Bertz CT molecular complexity index is 122. The van der Waals surface area contributed by atoms with Crippen LogP contribution >= 0.6 is 11.8 Å². The molecule has 1 aliphatic rings. The Kier molecular flexibility index (Phi) is 4.40. The van der Waals surface area contributed by atoms with Crippen LogP contribution in [0.2, 0.25) is 0 Å². The SMILES string of the molecule is CSCCCC1(CO)CCOC1. The monoisotopic (exact) mass is 190 g/mol. The first kappa shape index (κ1) is 10.4. The molecule has 0 spiro atoms. The van der Waals surface area contributed by atoms with Crippen molar-refractivity contribution in [2.75, 3.05) is 31.8 Å². The maximum absolute atomic E-state index is 9.23. The zero-order valence-corrected chi connectivity index (χ0v) is 8.53. The van der Waals surface area contributed by atoms with Crippen LogP contribution in [-0.4, -0.2) is 36.9 Å². The van der Waals surface area contributed by atoms with E-state index in [2.05, 4.69) is 6.26 Å². The van der Waals surface area contributed by atoms with Crippen LogP contribution < -0.4 is 0 Å². The molecule has 1 saturated heterocycles. The molecule has 2 nitrogen and oxygen atoms in total. The minimum Gasteiger partial charge on any atom is -0.396 e. The third-order valence-electron chi connectivity index (χ3n) is 2.58. The van der Waals surface area contributed by atoms with Crippen LogP contribution in [0.15, 0.2) is 0 Å². The summed E-state index contributed by atoms with van der Waals surface area (Å²) >= 11 is 1.87. The lowest BCUT2D eigenvalue weighted by Crippen LogP contribution is -2.25. The van der Waals surface area contributed by atoms with E-state index in [0.717, 1.165) is 26.1 Å². The summed E-state index contributed by atoms with van der Waals surface area (Å²) in [5.41, 5.74) is 0.107. The summed E-state index contributed by atoms with van der Waals surface area (Å²) in [6, 6.07) is 0. The quantitative estimate of drug-likeness (QED) is 0.667. The molecule has 0 aromatic rings. The van der Waals surface area contributed by atoms with Crippen molar-refractivity contribution in [2.24, 2.45) is 5.41 Å². The van der Waals surface area contributed by atoms with Crippen molar-refractivity contribution in [3.63, 3.8) is 0 Å². The van der Waals surface area contributed by atoms with Crippen LogP contribution in [0.3, 0.4) is 0 Å². The van der Waals surface area contributed by atoms with E-state index in [-0.39, 0.29) is 5.41 Å². The third-order valence-corrected chi connectivity index (χ3v) is 3.27. The molecule has 0 bridgehead atoms. The van der Waals surface area contributed by atoms with Gasteiger partial charge in [0.05, 0.1) is 13.2 Å². The average Bonchev–Trinajstić information content (AvgIpc) is 2.55. The molecule has 0 aromatic carbocycles. The summed E-state index contributed by atoms with van der Waals surface area (Å²) in [7, 11) is 0. The molecule has 12 heavy (non-hydrogen) atoms. The van der Waals surface area contributed by atoms with Crippen molar-refractivity contribution in [3.8, 4) is 0 Å². The maximum atomic E-state index is 9.23. The van der Waals surface area contributed by atoms with E-state index in [4.69, 9.17) is 4.74 Å². The fourth-order valence-corrected chi connectivity index (χ4v) is 2.07. The van der Waals surface area contributed by atoms with Gasteiger partial charge in [0.25, 0.3) is 0 Å². The summed E-state index contributed by atoms with van der Waals surface area (Å²) in [6.45, 7) is 1.89. The highest BCUT2D eigenvalue weighted by Gasteiger charge is 2.33. The van der Waals surface area contributed by atoms with Gasteiger partial charge in [-0.15, -0.1) is 0 Å². The summed E-state index contributed by atoms with van der Waals surface area (Å²) in [5, 5.41) is 9.23. The molecule has 0 amide bonds. The summed E-state index contributed by atoms with van der Waals surface area (Å²) in [5.74, 6) is 1.20. The van der Waals surface area contributed by atoms with Crippen molar-refractivity contribution < 1.29 is 9.84 Å². The van der Waals surface area contributed by atoms with Crippen LogP contribution in [0.1, 0.15) is 19.3 Å². The number of aliphatic hydroxyl groups is 1. The summed E-state index contributed by atoms with van der Waals surface area (Å²) in [4.78, 5) is 0. The van der Waals surface area contributed by atoms with Crippen molar-refractivity contribution in [1.82, 2.24) is 0 Å². The molecule has 0 aliphatic carbocycles. The molecule has 0 saturated carbocycles. The van der Waals surface area contributed by atoms with Crippen molar-refractivity contribution >= 4 is 11.8 Å². The number of ether oxygens (including phenoxy) is 1. The van der Waals surface area contributed by atoms with Gasteiger partial charge in [-0.1, -0.05) is 0 Å². The van der Waals surface area contributed by atoms with E-state index in [9.17, 15) is 5.11 Å². The molecule has 3 heteroatoms. The minimum atomic E-state index is 0.107. The van der Waals surface area contributed by atoms with E-state index >= 15 is 0 Å². The third kappa shape index (κ3) is 2.64. The smallest absolute Gasteiger partial charge is 0.0545 e.